The Hall–Kier alpha value is -0.850. The molecule has 1 aliphatic heterocycles. The molecular formula is C13H22N2O3S. The van der Waals surface area contributed by atoms with E-state index in [1.165, 1.54) is 0 Å². The summed E-state index contributed by atoms with van der Waals surface area (Å²) in [6, 6.07) is 3.32. The Morgan fingerprint density at radius 2 is 2.16 bits per heavy atom. The summed E-state index contributed by atoms with van der Waals surface area (Å²) in [5, 5.41) is 3.01. The molecule has 1 N–H and O–H groups in total. The fourth-order valence-corrected chi connectivity index (χ4v) is 4.12. The van der Waals surface area contributed by atoms with E-state index in [0.29, 0.717) is 18.8 Å². The molecule has 0 spiro atoms. The van der Waals surface area contributed by atoms with Crippen molar-refractivity contribution in [3.05, 3.63) is 17.9 Å². The normalized spacial score (nSPS) is 22.3. The molecule has 1 atom stereocenters. The van der Waals surface area contributed by atoms with E-state index in [9.17, 15) is 8.42 Å². The van der Waals surface area contributed by atoms with Crippen LogP contribution in [0.3, 0.4) is 0 Å². The van der Waals surface area contributed by atoms with Gasteiger partial charge in [-0.1, -0.05) is 12.8 Å². The van der Waals surface area contributed by atoms with Crippen LogP contribution in [0.1, 0.15) is 38.4 Å². The smallest absolute Gasteiger partial charge is 0.276 e. The molecule has 2 rings (SSSR count). The first-order valence-corrected chi connectivity index (χ1v) is 8.25. The van der Waals surface area contributed by atoms with Gasteiger partial charge in [0.25, 0.3) is 10.0 Å². The second-order valence-electron chi connectivity index (χ2n) is 5.07. The lowest BCUT2D eigenvalue weighted by molar-refractivity contribution is 0.322. The highest BCUT2D eigenvalue weighted by Crippen LogP contribution is 2.25. The van der Waals surface area contributed by atoms with E-state index in [1.54, 1.807) is 23.5 Å². The summed E-state index contributed by atoms with van der Waals surface area (Å²) in [6.07, 6.45) is 4.03. The average molecular weight is 286 g/mol. The zero-order valence-electron chi connectivity index (χ0n) is 11.6. The largest absolute Gasteiger partial charge is 0.447 e. The molecule has 5 nitrogen and oxygen atoms in total. The van der Waals surface area contributed by atoms with Gasteiger partial charge in [-0.05, 0) is 38.9 Å². The highest BCUT2D eigenvalue weighted by atomic mass is 32.2. The molecule has 2 heterocycles. The van der Waals surface area contributed by atoms with Crippen LogP contribution >= 0.6 is 0 Å². The van der Waals surface area contributed by atoms with E-state index in [-0.39, 0.29) is 11.1 Å². The van der Waals surface area contributed by atoms with Crippen LogP contribution < -0.4 is 5.32 Å². The van der Waals surface area contributed by atoms with Gasteiger partial charge in [-0.15, -0.1) is 0 Å². The van der Waals surface area contributed by atoms with Crippen molar-refractivity contribution in [2.75, 3.05) is 13.6 Å². The second-order valence-corrected chi connectivity index (χ2v) is 6.89. The van der Waals surface area contributed by atoms with Crippen LogP contribution in [0.25, 0.3) is 0 Å². The van der Waals surface area contributed by atoms with Crippen molar-refractivity contribution < 1.29 is 12.8 Å². The van der Waals surface area contributed by atoms with Crippen LogP contribution in [0.5, 0.6) is 0 Å². The summed E-state index contributed by atoms with van der Waals surface area (Å²) in [5.41, 5.74) is 0. The standard InChI is InChI=1S/C13H22N2O3S/c1-11-6-4-3-5-9-15(11)19(16,17)13-8-7-12(18-13)10-14-2/h7-8,11,14H,3-6,9-10H2,1-2H3. The summed E-state index contributed by atoms with van der Waals surface area (Å²) in [5.74, 6) is 0.642. The number of furan rings is 1. The first kappa shape index (κ1) is 14.6. The molecule has 1 fully saturated rings. The molecule has 0 saturated carbocycles. The van der Waals surface area contributed by atoms with Crippen molar-refractivity contribution in [3.63, 3.8) is 0 Å². The van der Waals surface area contributed by atoms with Crippen molar-refractivity contribution in [1.82, 2.24) is 9.62 Å². The maximum atomic E-state index is 12.6. The third-order valence-electron chi connectivity index (χ3n) is 3.54. The minimum absolute atomic E-state index is 0.0466. The van der Waals surface area contributed by atoms with E-state index >= 15 is 0 Å². The molecule has 0 aromatic carbocycles. The number of hydrogen-bond donors (Lipinski definition) is 1. The van der Waals surface area contributed by atoms with Crippen LogP contribution in [-0.2, 0) is 16.6 Å². The lowest BCUT2D eigenvalue weighted by Crippen LogP contribution is -2.38. The Bertz CT molecular complexity index is 510. The van der Waals surface area contributed by atoms with Crippen molar-refractivity contribution in [3.8, 4) is 0 Å². The minimum atomic E-state index is -3.49. The van der Waals surface area contributed by atoms with Gasteiger partial charge in [0.2, 0.25) is 5.09 Å². The summed E-state index contributed by atoms with van der Waals surface area (Å²) in [6.45, 7) is 3.09. The number of hydrogen-bond acceptors (Lipinski definition) is 4. The predicted molar refractivity (Wildman–Crippen MR) is 73.3 cm³/mol. The molecule has 108 valence electrons. The molecule has 6 heteroatoms. The fraction of sp³-hybridized carbons (Fsp3) is 0.692. The Morgan fingerprint density at radius 1 is 1.37 bits per heavy atom. The Morgan fingerprint density at radius 3 is 2.89 bits per heavy atom. The number of sulfonamides is 1. The molecule has 0 bridgehead atoms. The van der Waals surface area contributed by atoms with E-state index < -0.39 is 10.0 Å². The average Bonchev–Trinajstić information content (AvgIpc) is 2.72. The van der Waals surface area contributed by atoms with Gasteiger partial charge in [-0.3, -0.25) is 0 Å². The van der Waals surface area contributed by atoms with Gasteiger partial charge in [-0.25, -0.2) is 8.42 Å². The summed E-state index contributed by atoms with van der Waals surface area (Å²) in [4.78, 5) is 0. The third kappa shape index (κ3) is 3.19. The SMILES string of the molecule is CNCc1ccc(S(=O)(=O)N2CCCCCC2C)o1. The van der Waals surface area contributed by atoms with Crippen molar-refractivity contribution in [2.45, 2.75) is 50.3 Å². The van der Waals surface area contributed by atoms with Gasteiger partial charge < -0.3 is 9.73 Å². The zero-order valence-corrected chi connectivity index (χ0v) is 12.4. The molecule has 19 heavy (non-hydrogen) atoms. The zero-order chi connectivity index (χ0) is 13.9. The Labute approximate surface area is 115 Å². The maximum Gasteiger partial charge on any atom is 0.276 e. The lowest BCUT2D eigenvalue weighted by atomic mass is 10.1. The summed E-state index contributed by atoms with van der Waals surface area (Å²) < 4.78 is 32.2. The quantitative estimate of drug-likeness (QED) is 0.919. The monoisotopic (exact) mass is 286 g/mol. The minimum Gasteiger partial charge on any atom is -0.447 e. The van der Waals surface area contributed by atoms with Gasteiger partial charge in [-0.2, -0.15) is 4.31 Å². The van der Waals surface area contributed by atoms with E-state index in [2.05, 4.69) is 5.32 Å². The lowest BCUT2D eigenvalue weighted by Gasteiger charge is -2.24. The van der Waals surface area contributed by atoms with Crippen molar-refractivity contribution in [2.24, 2.45) is 0 Å². The van der Waals surface area contributed by atoms with Crippen LogP contribution in [0.4, 0.5) is 0 Å². The second kappa shape index (κ2) is 6.07. The molecule has 0 radical (unpaired) electrons. The van der Waals surface area contributed by atoms with Crippen LogP contribution in [-0.4, -0.2) is 32.4 Å². The van der Waals surface area contributed by atoms with Gasteiger partial charge in [0.15, 0.2) is 0 Å². The van der Waals surface area contributed by atoms with Gasteiger partial charge in [0, 0.05) is 12.6 Å². The van der Waals surface area contributed by atoms with E-state index in [0.717, 1.165) is 25.7 Å². The molecular weight excluding hydrogens is 264 g/mol. The fourth-order valence-electron chi connectivity index (χ4n) is 2.49. The van der Waals surface area contributed by atoms with Gasteiger partial charge >= 0.3 is 0 Å². The molecule has 0 aliphatic carbocycles. The molecule has 0 amide bonds. The topological polar surface area (TPSA) is 62.6 Å². The first-order valence-electron chi connectivity index (χ1n) is 6.81. The molecule has 1 unspecified atom stereocenters. The van der Waals surface area contributed by atoms with Gasteiger partial charge in [0.1, 0.15) is 5.76 Å². The summed E-state index contributed by atoms with van der Waals surface area (Å²) >= 11 is 0. The van der Waals surface area contributed by atoms with Gasteiger partial charge in [0.05, 0.1) is 6.54 Å². The molecule has 1 saturated heterocycles. The van der Waals surface area contributed by atoms with E-state index in [1.807, 2.05) is 6.92 Å². The van der Waals surface area contributed by atoms with Crippen molar-refractivity contribution in [1.29, 1.82) is 0 Å². The highest BCUT2D eigenvalue weighted by molar-refractivity contribution is 7.89. The molecule has 1 aromatic heterocycles. The number of nitrogens with one attached hydrogen (secondary N) is 1. The number of rotatable bonds is 4. The van der Waals surface area contributed by atoms with Crippen LogP contribution in [0.15, 0.2) is 21.6 Å². The highest BCUT2D eigenvalue weighted by Gasteiger charge is 2.32. The summed E-state index contributed by atoms with van der Waals surface area (Å²) in [7, 11) is -1.69. The van der Waals surface area contributed by atoms with E-state index in [4.69, 9.17) is 4.42 Å². The first-order chi connectivity index (χ1) is 9.05. The maximum absolute atomic E-state index is 12.6. The van der Waals surface area contributed by atoms with Crippen LogP contribution in [0.2, 0.25) is 0 Å². The van der Waals surface area contributed by atoms with Crippen LogP contribution in [0, 0.1) is 0 Å². The number of nitrogens with zero attached hydrogens (tertiary/aromatic N) is 1. The third-order valence-corrected chi connectivity index (χ3v) is 5.43. The molecule has 1 aromatic rings. The predicted octanol–water partition coefficient (Wildman–Crippen LogP) is 1.95. The van der Waals surface area contributed by atoms with Crippen molar-refractivity contribution >= 4 is 10.0 Å². The molecule has 1 aliphatic rings. The Kier molecular flexibility index (Phi) is 4.65. The Balaban J connectivity index is 2.24.